The zero-order valence-corrected chi connectivity index (χ0v) is 14.7. The van der Waals surface area contributed by atoms with E-state index in [1.807, 2.05) is 28.0 Å². The molecule has 1 aliphatic heterocycles. The fourth-order valence-corrected chi connectivity index (χ4v) is 3.87. The van der Waals surface area contributed by atoms with E-state index >= 15 is 0 Å². The second kappa shape index (κ2) is 8.30. The maximum absolute atomic E-state index is 12.7. The number of carbonyl (C=O) groups excluding carboxylic acids is 2. The lowest BCUT2D eigenvalue weighted by molar-refractivity contribution is -0.133. The Bertz CT molecular complexity index is 636. The molecule has 0 unspecified atom stereocenters. The monoisotopic (exact) mass is 341 g/mol. The Balaban J connectivity index is 1.59. The number of hydrogen-bond acceptors (Lipinski definition) is 3. The molecule has 1 aromatic rings. The van der Waals surface area contributed by atoms with Gasteiger partial charge in [0.1, 0.15) is 0 Å². The average Bonchev–Trinajstić information content (AvgIpc) is 3.16. The minimum atomic E-state index is -0.357. The summed E-state index contributed by atoms with van der Waals surface area (Å²) in [5, 5.41) is 0. The third-order valence-electron chi connectivity index (χ3n) is 5.24. The molecule has 1 fully saturated rings. The van der Waals surface area contributed by atoms with Gasteiger partial charge in [-0.15, -0.1) is 0 Å². The van der Waals surface area contributed by atoms with Gasteiger partial charge in [0.2, 0.25) is 11.8 Å². The van der Waals surface area contributed by atoms with E-state index in [-0.39, 0.29) is 18.4 Å². The van der Waals surface area contributed by atoms with Gasteiger partial charge in [0, 0.05) is 19.1 Å². The zero-order valence-electron chi connectivity index (χ0n) is 14.7. The predicted molar refractivity (Wildman–Crippen MR) is 98.6 cm³/mol. The Kier molecular flexibility index (Phi) is 5.87. The number of amides is 2. The van der Waals surface area contributed by atoms with Crippen molar-refractivity contribution in [3.63, 3.8) is 0 Å². The fraction of sp³-hybridized carbons (Fsp3) is 0.500. The Morgan fingerprint density at radius 2 is 1.84 bits per heavy atom. The van der Waals surface area contributed by atoms with Crippen LogP contribution < -0.4 is 5.73 Å². The molecule has 2 N–H and O–H groups in total. The first-order valence-corrected chi connectivity index (χ1v) is 9.18. The van der Waals surface area contributed by atoms with Gasteiger partial charge in [0.15, 0.2) is 0 Å². The van der Waals surface area contributed by atoms with Gasteiger partial charge in [-0.2, -0.15) is 0 Å². The molecule has 1 aliphatic carbocycles. The molecule has 1 saturated carbocycles. The van der Waals surface area contributed by atoms with Crippen LogP contribution in [0.5, 0.6) is 0 Å². The van der Waals surface area contributed by atoms with Crippen molar-refractivity contribution >= 4 is 17.4 Å². The molecule has 0 spiro atoms. The molecule has 5 heteroatoms. The van der Waals surface area contributed by atoms with Gasteiger partial charge in [-0.25, -0.2) is 0 Å². The van der Waals surface area contributed by atoms with Crippen LogP contribution in [0.4, 0.5) is 0 Å². The molecule has 0 saturated heterocycles. The molecule has 0 atom stereocenters. The van der Waals surface area contributed by atoms with Crippen LogP contribution in [0.1, 0.15) is 37.7 Å². The highest BCUT2D eigenvalue weighted by Gasteiger charge is 2.27. The van der Waals surface area contributed by atoms with E-state index in [0.717, 1.165) is 25.8 Å². The summed E-state index contributed by atoms with van der Waals surface area (Å²) in [5.41, 5.74) is 7.92. The highest BCUT2D eigenvalue weighted by Crippen LogP contribution is 2.24. The zero-order chi connectivity index (χ0) is 17.6. The predicted octanol–water partition coefficient (Wildman–Crippen LogP) is 2.03. The molecule has 0 aromatic heterocycles. The van der Waals surface area contributed by atoms with E-state index in [9.17, 15) is 9.59 Å². The van der Waals surface area contributed by atoms with E-state index < -0.39 is 0 Å². The number of primary amides is 1. The molecule has 134 valence electrons. The standard InChI is InChI=1S/C20H27N3O2/c21-19(24)14-23(18-8-4-5-9-18)15-20(25)22-12-10-17(11-13-22)16-6-2-1-3-7-16/h1-3,6-7,10,18H,4-5,8-9,11-15H2,(H2,21,24). The lowest BCUT2D eigenvalue weighted by atomic mass is 9.99. The largest absolute Gasteiger partial charge is 0.369 e. The molecule has 5 nitrogen and oxygen atoms in total. The van der Waals surface area contributed by atoms with Crippen LogP contribution in [0.15, 0.2) is 36.4 Å². The topological polar surface area (TPSA) is 66.6 Å². The van der Waals surface area contributed by atoms with Gasteiger partial charge in [-0.1, -0.05) is 49.2 Å². The summed E-state index contributed by atoms with van der Waals surface area (Å²) in [6.45, 7) is 1.84. The molecule has 2 amide bonds. The minimum absolute atomic E-state index is 0.0940. The van der Waals surface area contributed by atoms with Crippen molar-refractivity contribution in [3.05, 3.63) is 42.0 Å². The van der Waals surface area contributed by atoms with E-state index in [1.54, 1.807) is 0 Å². The summed E-state index contributed by atoms with van der Waals surface area (Å²) < 4.78 is 0. The first-order valence-electron chi connectivity index (χ1n) is 9.18. The molecule has 0 radical (unpaired) electrons. The summed E-state index contributed by atoms with van der Waals surface area (Å²) in [6.07, 6.45) is 7.46. The molecular weight excluding hydrogens is 314 g/mol. The Morgan fingerprint density at radius 3 is 2.44 bits per heavy atom. The molecule has 3 rings (SSSR count). The van der Waals surface area contributed by atoms with Gasteiger partial charge < -0.3 is 10.6 Å². The number of benzene rings is 1. The average molecular weight is 341 g/mol. The second-order valence-corrected chi connectivity index (χ2v) is 6.99. The van der Waals surface area contributed by atoms with Crippen LogP contribution in [0.25, 0.3) is 5.57 Å². The van der Waals surface area contributed by atoms with Crippen LogP contribution in [-0.4, -0.2) is 53.8 Å². The highest BCUT2D eigenvalue weighted by atomic mass is 16.2. The van der Waals surface area contributed by atoms with Crippen molar-refractivity contribution in [2.75, 3.05) is 26.2 Å². The molecule has 25 heavy (non-hydrogen) atoms. The van der Waals surface area contributed by atoms with Crippen LogP contribution in [0.3, 0.4) is 0 Å². The van der Waals surface area contributed by atoms with Crippen molar-refractivity contribution < 1.29 is 9.59 Å². The maximum atomic E-state index is 12.7. The molecule has 0 bridgehead atoms. The van der Waals surface area contributed by atoms with Gasteiger partial charge in [0.05, 0.1) is 13.1 Å². The molecular formula is C20H27N3O2. The second-order valence-electron chi connectivity index (χ2n) is 6.99. The maximum Gasteiger partial charge on any atom is 0.237 e. The first-order chi connectivity index (χ1) is 12.1. The van der Waals surface area contributed by atoms with E-state index in [1.165, 1.54) is 24.0 Å². The third kappa shape index (κ3) is 4.69. The van der Waals surface area contributed by atoms with Gasteiger partial charge in [-0.3, -0.25) is 14.5 Å². The number of nitrogens with two attached hydrogens (primary N) is 1. The quantitative estimate of drug-likeness (QED) is 0.861. The summed E-state index contributed by atoms with van der Waals surface area (Å²) >= 11 is 0. The van der Waals surface area contributed by atoms with Crippen molar-refractivity contribution in [2.24, 2.45) is 5.73 Å². The fourth-order valence-electron chi connectivity index (χ4n) is 3.87. The summed E-state index contributed by atoms with van der Waals surface area (Å²) in [5.74, 6) is -0.263. The smallest absolute Gasteiger partial charge is 0.237 e. The van der Waals surface area contributed by atoms with Crippen molar-refractivity contribution in [3.8, 4) is 0 Å². The molecule has 1 heterocycles. The van der Waals surface area contributed by atoms with E-state index in [4.69, 9.17) is 5.73 Å². The Hall–Kier alpha value is -2.14. The lowest BCUT2D eigenvalue weighted by Gasteiger charge is -2.32. The van der Waals surface area contributed by atoms with Crippen LogP contribution in [0, 0.1) is 0 Å². The summed E-state index contributed by atoms with van der Waals surface area (Å²) in [7, 11) is 0. The van der Waals surface area contributed by atoms with Gasteiger partial charge in [-0.05, 0) is 30.4 Å². The number of rotatable bonds is 6. The van der Waals surface area contributed by atoms with Crippen molar-refractivity contribution in [1.29, 1.82) is 0 Å². The summed E-state index contributed by atoms with van der Waals surface area (Å²) in [4.78, 5) is 27.9. The summed E-state index contributed by atoms with van der Waals surface area (Å²) in [6, 6.07) is 10.6. The Morgan fingerprint density at radius 1 is 1.12 bits per heavy atom. The van der Waals surface area contributed by atoms with Crippen LogP contribution in [-0.2, 0) is 9.59 Å². The van der Waals surface area contributed by atoms with Crippen molar-refractivity contribution in [2.45, 2.75) is 38.1 Å². The first kappa shape index (κ1) is 17.7. The van der Waals surface area contributed by atoms with E-state index in [2.05, 4.69) is 18.2 Å². The normalized spacial score (nSPS) is 18.4. The van der Waals surface area contributed by atoms with Gasteiger partial charge in [0.25, 0.3) is 0 Å². The van der Waals surface area contributed by atoms with Crippen molar-refractivity contribution in [1.82, 2.24) is 9.80 Å². The Labute approximate surface area is 149 Å². The van der Waals surface area contributed by atoms with E-state index in [0.29, 0.717) is 19.1 Å². The van der Waals surface area contributed by atoms with Gasteiger partial charge >= 0.3 is 0 Å². The SMILES string of the molecule is NC(=O)CN(CC(=O)N1CC=C(c2ccccc2)CC1)C1CCCC1. The molecule has 2 aliphatic rings. The lowest BCUT2D eigenvalue weighted by Crippen LogP contribution is -2.47. The number of hydrogen-bond donors (Lipinski definition) is 1. The van der Waals surface area contributed by atoms with Crippen LogP contribution >= 0.6 is 0 Å². The number of nitrogens with zero attached hydrogens (tertiary/aromatic N) is 2. The molecule has 1 aromatic carbocycles. The minimum Gasteiger partial charge on any atom is -0.369 e. The highest BCUT2D eigenvalue weighted by molar-refractivity contribution is 5.81. The third-order valence-corrected chi connectivity index (χ3v) is 5.24. The number of carbonyl (C=O) groups is 2. The van der Waals surface area contributed by atoms with Crippen LogP contribution in [0.2, 0.25) is 0 Å².